The highest BCUT2D eigenvalue weighted by Gasteiger charge is 2.36. The molecule has 0 N–H and O–H groups in total. The summed E-state index contributed by atoms with van der Waals surface area (Å²) in [5, 5.41) is 8.98. The number of hydrogen-bond acceptors (Lipinski definition) is 7. The van der Waals surface area contributed by atoms with Crippen LogP contribution < -0.4 is 0 Å². The van der Waals surface area contributed by atoms with Crippen LogP contribution in [0.5, 0.6) is 0 Å². The van der Waals surface area contributed by atoms with Crippen molar-refractivity contribution in [2.45, 2.75) is 45.1 Å². The molecule has 1 aliphatic rings. The van der Waals surface area contributed by atoms with Gasteiger partial charge >= 0.3 is 11.9 Å². The molecular formula is C16H17Cl2N3O5. The lowest BCUT2D eigenvalue weighted by atomic mass is 10.0. The zero-order valence-electron chi connectivity index (χ0n) is 14.1. The summed E-state index contributed by atoms with van der Waals surface area (Å²) in [4.78, 5) is 22.4. The third-order valence-electron chi connectivity index (χ3n) is 4.00. The van der Waals surface area contributed by atoms with Crippen molar-refractivity contribution in [2.24, 2.45) is 0 Å². The number of benzene rings is 1. The fourth-order valence-corrected chi connectivity index (χ4v) is 3.19. The van der Waals surface area contributed by atoms with Gasteiger partial charge in [0.2, 0.25) is 0 Å². The number of rotatable bonds is 4. The van der Waals surface area contributed by atoms with Gasteiger partial charge in [-0.2, -0.15) is 0 Å². The van der Waals surface area contributed by atoms with Crippen molar-refractivity contribution in [1.82, 2.24) is 15.0 Å². The second kappa shape index (κ2) is 7.77. The van der Waals surface area contributed by atoms with Crippen molar-refractivity contribution >= 4 is 46.2 Å². The monoisotopic (exact) mass is 401 g/mol. The van der Waals surface area contributed by atoms with Crippen LogP contribution in [0, 0.1) is 0 Å². The number of fused-ring (bicyclic) bond motifs is 1. The van der Waals surface area contributed by atoms with E-state index in [2.05, 4.69) is 10.3 Å². The predicted molar refractivity (Wildman–Crippen MR) is 92.9 cm³/mol. The fourth-order valence-electron chi connectivity index (χ4n) is 2.87. The van der Waals surface area contributed by atoms with Crippen LogP contribution >= 0.6 is 23.2 Å². The molecule has 1 fully saturated rings. The standard InChI is InChI=1S/C16H17Cl2N3O5/c1-8(22)24-7-15-14(25-9(2)23)3-4-16(26-15)21-13-6-11(18)10(17)5-12(13)19-20-21/h5-6,14-16H,3-4,7H2,1-2H3/t14-,15-,16-/m0/s1. The average Bonchev–Trinajstić information content (AvgIpc) is 2.96. The summed E-state index contributed by atoms with van der Waals surface area (Å²) in [7, 11) is 0. The topological polar surface area (TPSA) is 92.5 Å². The Bertz CT molecular complexity index is 841. The Balaban J connectivity index is 1.84. The predicted octanol–water partition coefficient (Wildman–Crippen LogP) is 2.91. The van der Waals surface area contributed by atoms with E-state index >= 15 is 0 Å². The third-order valence-corrected chi connectivity index (χ3v) is 4.72. The van der Waals surface area contributed by atoms with Crippen molar-refractivity contribution in [3.63, 3.8) is 0 Å². The fraction of sp³-hybridized carbons (Fsp3) is 0.500. The first kappa shape index (κ1) is 18.9. The SMILES string of the molecule is CC(=O)OC[C@@H]1O[C@H](n2nnc3cc(Cl)c(Cl)cc32)CC[C@@H]1OC(C)=O. The zero-order chi connectivity index (χ0) is 18.8. The highest BCUT2D eigenvalue weighted by Crippen LogP contribution is 2.33. The van der Waals surface area contributed by atoms with Crippen molar-refractivity contribution in [3.8, 4) is 0 Å². The molecule has 3 rings (SSSR count). The maximum atomic E-state index is 11.3. The highest BCUT2D eigenvalue weighted by molar-refractivity contribution is 6.42. The van der Waals surface area contributed by atoms with Crippen LogP contribution in [-0.2, 0) is 23.8 Å². The Labute approximate surface area is 159 Å². The zero-order valence-corrected chi connectivity index (χ0v) is 15.7. The van der Waals surface area contributed by atoms with Gasteiger partial charge in [-0.15, -0.1) is 5.10 Å². The van der Waals surface area contributed by atoms with E-state index in [4.69, 9.17) is 37.4 Å². The number of aromatic nitrogens is 3. The molecule has 0 aliphatic carbocycles. The van der Waals surface area contributed by atoms with Crippen LogP contribution in [0.4, 0.5) is 0 Å². The molecule has 0 saturated carbocycles. The van der Waals surface area contributed by atoms with Gasteiger partial charge in [0.15, 0.2) is 6.23 Å². The van der Waals surface area contributed by atoms with E-state index in [0.29, 0.717) is 33.9 Å². The maximum absolute atomic E-state index is 11.3. The number of esters is 2. The Hall–Kier alpha value is -1.90. The molecule has 0 unspecified atom stereocenters. The van der Waals surface area contributed by atoms with E-state index in [0.717, 1.165) is 0 Å². The number of halogens is 2. The minimum Gasteiger partial charge on any atom is -0.463 e. The van der Waals surface area contributed by atoms with Gasteiger partial charge in [0.05, 0.1) is 15.6 Å². The minimum absolute atomic E-state index is 0.0248. The van der Waals surface area contributed by atoms with Gasteiger partial charge < -0.3 is 14.2 Å². The first-order valence-electron chi connectivity index (χ1n) is 8.01. The Morgan fingerprint density at radius 3 is 2.65 bits per heavy atom. The number of carbonyl (C=O) groups is 2. The van der Waals surface area contributed by atoms with Gasteiger partial charge in [-0.3, -0.25) is 9.59 Å². The summed E-state index contributed by atoms with van der Waals surface area (Å²) in [6.07, 6.45) is -0.518. The number of hydrogen-bond donors (Lipinski definition) is 0. The molecule has 0 spiro atoms. The second-order valence-corrected chi connectivity index (χ2v) is 6.76. The van der Waals surface area contributed by atoms with Crippen molar-refractivity contribution in [3.05, 3.63) is 22.2 Å². The number of carbonyl (C=O) groups excluding carboxylic acids is 2. The van der Waals surface area contributed by atoms with Gasteiger partial charge in [-0.1, -0.05) is 28.4 Å². The van der Waals surface area contributed by atoms with Gasteiger partial charge in [-0.05, 0) is 25.0 Å². The summed E-state index contributed by atoms with van der Waals surface area (Å²) in [5.74, 6) is -0.859. The lowest BCUT2D eigenvalue weighted by Crippen LogP contribution is -2.43. The summed E-state index contributed by atoms with van der Waals surface area (Å²) in [6.45, 7) is 2.60. The van der Waals surface area contributed by atoms with E-state index in [1.807, 2.05) is 0 Å². The first-order valence-corrected chi connectivity index (χ1v) is 8.76. The molecule has 1 aliphatic heterocycles. The molecule has 0 radical (unpaired) electrons. The van der Waals surface area contributed by atoms with Crippen molar-refractivity contribution in [2.75, 3.05) is 6.61 Å². The molecule has 1 aromatic carbocycles. The van der Waals surface area contributed by atoms with E-state index in [1.165, 1.54) is 13.8 Å². The summed E-state index contributed by atoms with van der Waals surface area (Å²) < 4.78 is 17.9. The molecule has 0 amide bonds. The third kappa shape index (κ3) is 4.08. The van der Waals surface area contributed by atoms with E-state index < -0.39 is 30.4 Å². The lowest BCUT2D eigenvalue weighted by molar-refractivity contribution is -0.193. The normalized spacial score (nSPS) is 23.0. The van der Waals surface area contributed by atoms with Gasteiger partial charge in [0.1, 0.15) is 24.3 Å². The Morgan fingerprint density at radius 1 is 1.23 bits per heavy atom. The lowest BCUT2D eigenvalue weighted by Gasteiger charge is -2.35. The molecule has 10 heteroatoms. The Morgan fingerprint density at radius 2 is 1.96 bits per heavy atom. The minimum atomic E-state index is -0.608. The molecule has 1 saturated heterocycles. The van der Waals surface area contributed by atoms with Gasteiger partial charge in [0.25, 0.3) is 0 Å². The molecule has 26 heavy (non-hydrogen) atoms. The van der Waals surface area contributed by atoms with Gasteiger partial charge in [-0.25, -0.2) is 4.68 Å². The Kier molecular flexibility index (Phi) is 5.64. The maximum Gasteiger partial charge on any atom is 0.302 e. The second-order valence-electron chi connectivity index (χ2n) is 5.95. The van der Waals surface area contributed by atoms with Crippen LogP contribution in [0.25, 0.3) is 11.0 Å². The molecule has 0 bridgehead atoms. The number of nitrogens with zero attached hydrogens (tertiary/aromatic N) is 3. The molecule has 140 valence electrons. The summed E-state index contributed by atoms with van der Waals surface area (Å²) in [6, 6.07) is 3.30. The van der Waals surface area contributed by atoms with Crippen LogP contribution in [0.1, 0.15) is 32.9 Å². The van der Waals surface area contributed by atoms with Crippen LogP contribution in [-0.4, -0.2) is 45.7 Å². The molecule has 2 heterocycles. The number of ether oxygens (including phenoxy) is 3. The van der Waals surface area contributed by atoms with Crippen LogP contribution in [0.15, 0.2) is 12.1 Å². The van der Waals surface area contributed by atoms with E-state index in [-0.39, 0.29) is 6.61 Å². The van der Waals surface area contributed by atoms with Crippen molar-refractivity contribution < 1.29 is 23.8 Å². The van der Waals surface area contributed by atoms with Crippen LogP contribution in [0.3, 0.4) is 0 Å². The van der Waals surface area contributed by atoms with Crippen LogP contribution in [0.2, 0.25) is 10.0 Å². The van der Waals surface area contributed by atoms with E-state index in [9.17, 15) is 9.59 Å². The summed E-state index contributed by atoms with van der Waals surface area (Å²) >= 11 is 12.1. The average molecular weight is 402 g/mol. The molecular weight excluding hydrogens is 385 g/mol. The van der Waals surface area contributed by atoms with Crippen molar-refractivity contribution in [1.29, 1.82) is 0 Å². The highest BCUT2D eigenvalue weighted by atomic mass is 35.5. The summed E-state index contributed by atoms with van der Waals surface area (Å²) in [5.41, 5.74) is 1.25. The molecule has 1 aromatic heterocycles. The first-order chi connectivity index (χ1) is 12.3. The van der Waals surface area contributed by atoms with E-state index in [1.54, 1.807) is 16.8 Å². The molecule has 3 atom stereocenters. The quantitative estimate of drug-likeness (QED) is 0.726. The van der Waals surface area contributed by atoms with Gasteiger partial charge in [0, 0.05) is 13.8 Å². The smallest absolute Gasteiger partial charge is 0.302 e. The molecule has 8 nitrogen and oxygen atoms in total. The largest absolute Gasteiger partial charge is 0.463 e. The molecule has 2 aromatic rings.